The Bertz CT molecular complexity index is 459. The summed E-state index contributed by atoms with van der Waals surface area (Å²) in [7, 11) is 1.31. The number of carbonyl (C=O) groups is 2. The van der Waals surface area contributed by atoms with E-state index in [4.69, 9.17) is 9.84 Å². The quantitative estimate of drug-likeness (QED) is 0.822. The molecule has 5 nitrogen and oxygen atoms in total. The predicted octanol–water partition coefficient (Wildman–Crippen LogP) is 2.33. The summed E-state index contributed by atoms with van der Waals surface area (Å²) in [6, 6.07) is 1.81. The molecule has 0 bridgehead atoms. The van der Waals surface area contributed by atoms with Crippen LogP contribution in [0.2, 0.25) is 0 Å². The summed E-state index contributed by atoms with van der Waals surface area (Å²) in [4.78, 5) is 23.6. The molecule has 1 aromatic heterocycles. The van der Waals surface area contributed by atoms with Crippen LogP contribution >= 0.6 is 11.3 Å². The zero-order chi connectivity index (χ0) is 13.9. The van der Waals surface area contributed by atoms with Crippen LogP contribution in [0.3, 0.4) is 0 Å². The second-order valence-electron chi connectivity index (χ2n) is 4.84. The van der Waals surface area contributed by atoms with Gasteiger partial charge in [-0.1, -0.05) is 20.8 Å². The lowest BCUT2D eigenvalue weighted by molar-refractivity contribution is -0.134. The number of hydrogen-bond acceptors (Lipinski definition) is 5. The molecule has 0 aliphatic rings. The third-order valence-electron chi connectivity index (χ3n) is 2.27. The van der Waals surface area contributed by atoms with Gasteiger partial charge in [0.25, 0.3) is 0 Å². The molecule has 0 spiro atoms. The number of carboxylic acids is 1. The van der Waals surface area contributed by atoms with E-state index in [0.717, 1.165) is 4.88 Å². The number of carbonyl (C=O) groups excluding carboxylic acids is 1. The fourth-order valence-corrected chi connectivity index (χ4v) is 2.42. The van der Waals surface area contributed by atoms with Crippen LogP contribution in [0.15, 0.2) is 6.07 Å². The average molecular weight is 271 g/mol. The molecular weight excluding hydrogens is 254 g/mol. The Labute approximate surface area is 110 Å². The van der Waals surface area contributed by atoms with E-state index in [-0.39, 0.29) is 12.0 Å². The number of rotatable bonds is 4. The van der Waals surface area contributed by atoms with Crippen LogP contribution in [0.1, 0.15) is 35.3 Å². The van der Waals surface area contributed by atoms with Crippen molar-refractivity contribution in [3.05, 3.63) is 15.8 Å². The van der Waals surface area contributed by atoms with Gasteiger partial charge in [0.2, 0.25) is 0 Å². The fourth-order valence-electron chi connectivity index (χ4n) is 1.31. The van der Waals surface area contributed by atoms with Crippen molar-refractivity contribution < 1.29 is 19.4 Å². The monoisotopic (exact) mass is 271 g/mol. The van der Waals surface area contributed by atoms with E-state index in [0.29, 0.717) is 10.6 Å². The number of hydrogen-bond donors (Lipinski definition) is 2. The standard InChI is InChI=1S/C12H17NO4S/c1-12(2,3)8-5-7(13-6-9(14)15)10(18-8)11(16)17-4/h5,13H,6H2,1-4H3,(H,14,15). The van der Waals surface area contributed by atoms with E-state index in [9.17, 15) is 9.59 Å². The molecule has 0 atom stereocenters. The lowest BCUT2D eigenvalue weighted by atomic mass is 9.94. The molecule has 0 fully saturated rings. The molecule has 0 saturated carbocycles. The van der Waals surface area contributed by atoms with E-state index in [1.165, 1.54) is 18.4 Å². The highest BCUT2D eigenvalue weighted by atomic mass is 32.1. The van der Waals surface area contributed by atoms with Crippen LogP contribution in [0, 0.1) is 0 Å². The molecule has 1 aromatic rings. The van der Waals surface area contributed by atoms with Gasteiger partial charge in [-0.05, 0) is 11.5 Å². The number of esters is 1. The summed E-state index contributed by atoms with van der Waals surface area (Å²) >= 11 is 1.32. The first-order valence-corrected chi connectivity index (χ1v) is 6.25. The summed E-state index contributed by atoms with van der Waals surface area (Å²) in [5.74, 6) is -1.43. The van der Waals surface area contributed by atoms with Gasteiger partial charge in [-0.15, -0.1) is 11.3 Å². The van der Waals surface area contributed by atoms with Crippen molar-refractivity contribution in [1.82, 2.24) is 0 Å². The maximum atomic E-state index is 11.6. The molecule has 0 amide bonds. The lowest BCUT2D eigenvalue weighted by Gasteiger charge is -2.15. The van der Waals surface area contributed by atoms with Crippen molar-refractivity contribution in [3.63, 3.8) is 0 Å². The Hall–Kier alpha value is -1.56. The highest BCUT2D eigenvalue weighted by molar-refractivity contribution is 7.14. The van der Waals surface area contributed by atoms with Crippen molar-refractivity contribution in [2.75, 3.05) is 19.0 Å². The molecule has 1 heterocycles. The first-order valence-electron chi connectivity index (χ1n) is 5.44. The molecule has 0 unspecified atom stereocenters. The van der Waals surface area contributed by atoms with Crippen LogP contribution in [-0.4, -0.2) is 30.7 Å². The Morgan fingerprint density at radius 2 is 2.06 bits per heavy atom. The highest BCUT2D eigenvalue weighted by Crippen LogP contribution is 2.35. The predicted molar refractivity (Wildman–Crippen MR) is 70.5 cm³/mol. The minimum absolute atomic E-state index is 0.101. The number of thiophene rings is 1. The van der Waals surface area contributed by atoms with E-state index in [2.05, 4.69) is 5.32 Å². The molecule has 0 saturated heterocycles. The van der Waals surface area contributed by atoms with Crippen LogP contribution in [0.25, 0.3) is 0 Å². The van der Waals surface area contributed by atoms with Crippen LogP contribution in [0.4, 0.5) is 5.69 Å². The molecule has 0 aliphatic carbocycles. The number of anilines is 1. The third-order valence-corrected chi connectivity index (χ3v) is 3.81. The smallest absolute Gasteiger partial charge is 0.350 e. The zero-order valence-corrected chi connectivity index (χ0v) is 11.7. The second-order valence-corrected chi connectivity index (χ2v) is 5.89. The molecule has 0 aromatic carbocycles. The van der Waals surface area contributed by atoms with Gasteiger partial charge in [-0.3, -0.25) is 4.79 Å². The number of nitrogens with one attached hydrogen (secondary N) is 1. The van der Waals surface area contributed by atoms with E-state index < -0.39 is 11.9 Å². The summed E-state index contributed by atoms with van der Waals surface area (Å²) in [6.07, 6.45) is 0. The van der Waals surface area contributed by atoms with Crippen molar-refractivity contribution in [3.8, 4) is 0 Å². The number of ether oxygens (including phenoxy) is 1. The topological polar surface area (TPSA) is 75.6 Å². The van der Waals surface area contributed by atoms with Crippen LogP contribution in [-0.2, 0) is 14.9 Å². The van der Waals surface area contributed by atoms with Crippen molar-refractivity contribution in [2.45, 2.75) is 26.2 Å². The molecule has 0 aliphatic heterocycles. The van der Waals surface area contributed by atoms with Gasteiger partial charge in [-0.25, -0.2) is 4.79 Å². The van der Waals surface area contributed by atoms with Gasteiger partial charge in [-0.2, -0.15) is 0 Å². The van der Waals surface area contributed by atoms with Gasteiger partial charge in [0, 0.05) is 4.88 Å². The number of aliphatic carboxylic acids is 1. The van der Waals surface area contributed by atoms with Crippen LogP contribution in [0.5, 0.6) is 0 Å². The normalized spacial score (nSPS) is 11.1. The van der Waals surface area contributed by atoms with Crippen LogP contribution < -0.4 is 5.32 Å². The van der Waals surface area contributed by atoms with Gasteiger partial charge < -0.3 is 15.2 Å². The average Bonchev–Trinajstić information content (AvgIpc) is 2.68. The highest BCUT2D eigenvalue weighted by Gasteiger charge is 2.23. The van der Waals surface area contributed by atoms with Gasteiger partial charge >= 0.3 is 11.9 Å². The largest absolute Gasteiger partial charge is 0.480 e. The summed E-state index contributed by atoms with van der Waals surface area (Å²) < 4.78 is 4.69. The Balaban J connectivity index is 3.09. The van der Waals surface area contributed by atoms with E-state index >= 15 is 0 Å². The van der Waals surface area contributed by atoms with E-state index in [1.54, 1.807) is 6.07 Å². The third kappa shape index (κ3) is 3.46. The van der Waals surface area contributed by atoms with Gasteiger partial charge in [0.1, 0.15) is 11.4 Å². The minimum atomic E-state index is -0.977. The molecule has 100 valence electrons. The lowest BCUT2D eigenvalue weighted by Crippen LogP contribution is -2.14. The number of methoxy groups -OCH3 is 1. The van der Waals surface area contributed by atoms with Crippen molar-refractivity contribution >= 4 is 29.0 Å². The maximum Gasteiger partial charge on any atom is 0.350 e. The van der Waals surface area contributed by atoms with Crippen molar-refractivity contribution in [2.24, 2.45) is 0 Å². The molecule has 2 N–H and O–H groups in total. The molecule has 0 radical (unpaired) electrons. The zero-order valence-electron chi connectivity index (χ0n) is 10.9. The maximum absolute atomic E-state index is 11.6. The fraction of sp³-hybridized carbons (Fsp3) is 0.500. The summed E-state index contributed by atoms with van der Waals surface area (Å²) in [5.41, 5.74) is 0.413. The molecule has 6 heteroatoms. The Morgan fingerprint density at radius 1 is 1.44 bits per heavy atom. The van der Waals surface area contributed by atoms with E-state index in [1.807, 2.05) is 20.8 Å². The molecular formula is C12H17NO4S. The summed E-state index contributed by atoms with van der Waals surface area (Å²) in [5, 5.41) is 11.4. The SMILES string of the molecule is COC(=O)c1sc(C(C)(C)C)cc1NCC(=O)O. The van der Waals surface area contributed by atoms with Crippen molar-refractivity contribution in [1.29, 1.82) is 0 Å². The first-order chi connectivity index (χ1) is 8.25. The minimum Gasteiger partial charge on any atom is -0.480 e. The Morgan fingerprint density at radius 3 is 2.50 bits per heavy atom. The van der Waals surface area contributed by atoms with Gasteiger partial charge in [0.05, 0.1) is 12.8 Å². The first kappa shape index (κ1) is 14.5. The van der Waals surface area contributed by atoms with Gasteiger partial charge in [0.15, 0.2) is 0 Å². The Kier molecular flexibility index (Phi) is 4.34. The number of carboxylic acid groups (broad SMARTS) is 1. The second kappa shape index (κ2) is 5.39. The summed E-state index contributed by atoms with van der Waals surface area (Å²) in [6.45, 7) is 5.85. The molecule has 18 heavy (non-hydrogen) atoms. The molecule has 1 rings (SSSR count).